The fourth-order valence-corrected chi connectivity index (χ4v) is 2.88. The summed E-state index contributed by atoms with van der Waals surface area (Å²) in [6.45, 7) is 2.11. The zero-order valence-electron chi connectivity index (χ0n) is 16.8. The summed E-state index contributed by atoms with van der Waals surface area (Å²) in [5.74, 6) is 1.00. The number of nitrogens with zero attached hydrogens (tertiary/aromatic N) is 2. The molecule has 0 aliphatic rings. The van der Waals surface area contributed by atoms with E-state index in [2.05, 4.69) is 16.7 Å². The topological polar surface area (TPSA) is 117 Å². The molecule has 0 fully saturated rings. The third-order valence-electron chi connectivity index (χ3n) is 4.46. The zero-order valence-corrected chi connectivity index (χ0v) is 16.8. The van der Waals surface area contributed by atoms with Gasteiger partial charge < -0.3 is 15.4 Å². The van der Waals surface area contributed by atoms with Crippen LogP contribution in [-0.4, -0.2) is 17.4 Å². The van der Waals surface area contributed by atoms with Crippen LogP contribution in [0.25, 0.3) is 0 Å². The monoisotopic (exact) mass is 416 g/mol. The van der Waals surface area contributed by atoms with E-state index >= 15 is 0 Å². The maximum Gasteiger partial charge on any atom is 0.292 e. The van der Waals surface area contributed by atoms with E-state index in [0.29, 0.717) is 28.4 Å². The Kier molecular flexibility index (Phi) is 6.81. The summed E-state index contributed by atoms with van der Waals surface area (Å²) >= 11 is 0. The van der Waals surface area contributed by atoms with Gasteiger partial charge in [-0.05, 0) is 61.0 Å². The Morgan fingerprint density at radius 2 is 1.77 bits per heavy atom. The molecule has 0 heterocycles. The van der Waals surface area contributed by atoms with Gasteiger partial charge in [0.05, 0.1) is 16.6 Å². The molecular weight excluding hydrogens is 396 g/mol. The number of nitrogens with one attached hydrogen (secondary N) is 2. The third-order valence-corrected chi connectivity index (χ3v) is 4.46. The van der Waals surface area contributed by atoms with Crippen molar-refractivity contribution in [2.45, 2.75) is 13.3 Å². The second kappa shape index (κ2) is 9.89. The number of aryl methyl sites for hydroxylation is 1. The molecule has 2 N–H and O–H groups in total. The minimum absolute atomic E-state index is 0.0309. The summed E-state index contributed by atoms with van der Waals surface area (Å²) in [5, 5.41) is 25.6. The van der Waals surface area contributed by atoms with Crippen LogP contribution in [0.5, 0.6) is 11.5 Å². The first-order chi connectivity index (χ1) is 15.0. The molecule has 0 atom stereocenters. The Morgan fingerprint density at radius 3 is 2.45 bits per heavy atom. The molecule has 0 radical (unpaired) electrons. The Labute approximate surface area is 179 Å². The number of benzene rings is 3. The summed E-state index contributed by atoms with van der Waals surface area (Å²) < 4.78 is 5.78. The van der Waals surface area contributed by atoms with Crippen LogP contribution in [0, 0.1) is 28.4 Å². The second-order valence-corrected chi connectivity index (χ2v) is 6.71. The number of hydrogen-bond donors (Lipinski definition) is 2. The first-order valence-corrected chi connectivity index (χ1v) is 9.52. The minimum Gasteiger partial charge on any atom is -0.457 e. The molecule has 0 spiro atoms. The Morgan fingerprint density at radius 1 is 1.06 bits per heavy atom. The molecular formula is C23H20N4O4. The molecule has 0 aromatic heterocycles. The predicted molar refractivity (Wildman–Crippen MR) is 117 cm³/mol. The molecule has 0 saturated heterocycles. The van der Waals surface area contributed by atoms with Crippen molar-refractivity contribution in [3.63, 3.8) is 0 Å². The summed E-state index contributed by atoms with van der Waals surface area (Å²) in [5.41, 5.74) is 2.38. The average molecular weight is 416 g/mol. The van der Waals surface area contributed by atoms with Crippen LogP contribution >= 0.6 is 0 Å². The SMILES string of the molecule is Cc1cc(Oc2ccc(C#N)cc2)ccc1NC(=O)CCNc1ccccc1[N+](=O)[O-]. The van der Waals surface area contributed by atoms with Gasteiger partial charge in [-0.2, -0.15) is 5.26 Å². The predicted octanol–water partition coefficient (Wildman–Crippen LogP) is 5.01. The number of amides is 1. The van der Waals surface area contributed by atoms with Crippen molar-refractivity contribution in [2.75, 3.05) is 17.2 Å². The van der Waals surface area contributed by atoms with Crippen LogP contribution in [0.2, 0.25) is 0 Å². The molecule has 8 nitrogen and oxygen atoms in total. The van der Waals surface area contributed by atoms with Gasteiger partial charge in [0, 0.05) is 24.7 Å². The quantitative estimate of drug-likeness (QED) is 0.394. The van der Waals surface area contributed by atoms with E-state index in [1.54, 1.807) is 60.7 Å². The van der Waals surface area contributed by atoms with Crippen molar-refractivity contribution < 1.29 is 14.5 Å². The number of nitro groups is 1. The average Bonchev–Trinajstić information content (AvgIpc) is 2.76. The zero-order chi connectivity index (χ0) is 22.2. The van der Waals surface area contributed by atoms with Crippen LogP contribution < -0.4 is 15.4 Å². The van der Waals surface area contributed by atoms with Gasteiger partial charge in [-0.15, -0.1) is 0 Å². The lowest BCUT2D eigenvalue weighted by Gasteiger charge is -2.12. The highest BCUT2D eigenvalue weighted by molar-refractivity contribution is 5.91. The minimum atomic E-state index is -0.465. The third kappa shape index (κ3) is 5.81. The summed E-state index contributed by atoms with van der Waals surface area (Å²) in [6, 6.07) is 20.4. The smallest absolute Gasteiger partial charge is 0.292 e. The van der Waals surface area contributed by atoms with Gasteiger partial charge in [-0.3, -0.25) is 14.9 Å². The highest BCUT2D eigenvalue weighted by Gasteiger charge is 2.12. The van der Waals surface area contributed by atoms with E-state index in [9.17, 15) is 14.9 Å². The van der Waals surface area contributed by atoms with Crippen molar-refractivity contribution in [3.05, 3.63) is 88.0 Å². The number of nitro benzene ring substituents is 1. The van der Waals surface area contributed by atoms with E-state index in [1.807, 2.05) is 6.92 Å². The Balaban J connectivity index is 1.54. The molecule has 1 amide bonds. The maximum atomic E-state index is 12.3. The van der Waals surface area contributed by atoms with E-state index < -0.39 is 4.92 Å². The molecule has 3 aromatic carbocycles. The maximum absolute atomic E-state index is 12.3. The van der Waals surface area contributed by atoms with E-state index in [4.69, 9.17) is 10.00 Å². The fraction of sp³-hybridized carbons (Fsp3) is 0.130. The number of anilines is 2. The van der Waals surface area contributed by atoms with Gasteiger partial charge in [0.2, 0.25) is 5.91 Å². The molecule has 0 bridgehead atoms. The van der Waals surface area contributed by atoms with Gasteiger partial charge in [0.25, 0.3) is 5.69 Å². The van der Waals surface area contributed by atoms with Gasteiger partial charge in [0.1, 0.15) is 17.2 Å². The number of rotatable bonds is 8. The van der Waals surface area contributed by atoms with Gasteiger partial charge in [-0.1, -0.05) is 12.1 Å². The molecule has 0 saturated carbocycles. The number of carbonyl (C=O) groups is 1. The molecule has 0 aliphatic heterocycles. The van der Waals surface area contributed by atoms with Gasteiger partial charge in [0.15, 0.2) is 0 Å². The van der Waals surface area contributed by atoms with E-state index in [0.717, 1.165) is 5.56 Å². The molecule has 31 heavy (non-hydrogen) atoms. The van der Waals surface area contributed by atoms with Crippen LogP contribution in [-0.2, 0) is 4.79 Å². The standard InChI is InChI=1S/C23H20N4O4/c1-16-14-19(31-18-8-6-17(15-24)7-9-18)10-11-20(16)26-23(28)12-13-25-21-4-2-3-5-22(21)27(29)30/h2-11,14,25H,12-13H2,1H3,(H,26,28). The van der Waals surface area contributed by atoms with E-state index in [1.165, 1.54) is 6.07 Å². The number of para-hydroxylation sites is 2. The Bertz CT molecular complexity index is 1140. The molecule has 8 heteroatoms. The number of carbonyl (C=O) groups excluding carboxylic acids is 1. The molecule has 156 valence electrons. The number of ether oxygens (including phenoxy) is 1. The highest BCUT2D eigenvalue weighted by atomic mass is 16.6. The molecule has 0 unspecified atom stereocenters. The molecule has 3 rings (SSSR count). The molecule has 3 aromatic rings. The Hall–Kier alpha value is -4.38. The van der Waals surface area contributed by atoms with Crippen molar-refractivity contribution in [2.24, 2.45) is 0 Å². The van der Waals surface area contributed by atoms with Gasteiger partial charge >= 0.3 is 0 Å². The number of nitriles is 1. The highest BCUT2D eigenvalue weighted by Crippen LogP contribution is 2.27. The van der Waals surface area contributed by atoms with Crippen LogP contribution in [0.3, 0.4) is 0 Å². The lowest BCUT2D eigenvalue weighted by molar-refractivity contribution is -0.384. The lowest BCUT2D eigenvalue weighted by Crippen LogP contribution is -2.17. The number of hydrogen-bond acceptors (Lipinski definition) is 6. The lowest BCUT2D eigenvalue weighted by atomic mass is 10.2. The summed E-state index contributed by atoms with van der Waals surface area (Å²) in [4.78, 5) is 22.8. The normalized spacial score (nSPS) is 10.1. The fourth-order valence-electron chi connectivity index (χ4n) is 2.88. The van der Waals surface area contributed by atoms with Crippen molar-refractivity contribution >= 4 is 23.0 Å². The largest absolute Gasteiger partial charge is 0.457 e. The van der Waals surface area contributed by atoms with Gasteiger partial charge in [-0.25, -0.2) is 0 Å². The first kappa shape index (κ1) is 21.3. The molecule has 0 aliphatic carbocycles. The summed E-state index contributed by atoms with van der Waals surface area (Å²) in [6.07, 6.45) is 0.148. The van der Waals surface area contributed by atoms with Crippen molar-refractivity contribution in [1.29, 1.82) is 5.26 Å². The van der Waals surface area contributed by atoms with Crippen molar-refractivity contribution in [3.8, 4) is 17.6 Å². The van der Waals surface area contributed by atoms with Crippen LogP contribution in [0.4, 0.5) is 17.1 Å². The van der Waals surface area contributed by atoms with Crippen LogP contribution in [0.15, 0.2) is 66.7 Å². The van der Waals surface area contributed by atoms with E-state index in [-0.39, 0.29) is 24.6 Å². The second-order valence-electron chi connectivity index (χ2n) is 6.71. The summed E-state index contributed by atoms with van der Waals surface area (Å²) in [7, 11) is 0. The van der Waals surface area contributed by atoms with Crippen molar-refractivity contribution in [1.82, 2.24) is 0 Å². The van der Waals surface area contributed by atoms with Crippen LogP contribution in [0.1, 0.15) is 17.5 Å². The first-order valence-electron chi connectivity index (χ1n) is 9.52.